The summed E-state index contributed by atoms with van der Waals surface area (Å²) in [6.07, 6.45) is 6.87. The second-order valence-corrected chi connectivity index (χ2v) is 10.1. The number of urea groups is 1. The van der Waals surface area contributed by atoms with Gasteiger partial charge in [0.1, 0.15) is 9.71 Å². The SMILES string of the molecule is C=CC(=O)N[C@H]1CCC[C@H]1NC(=O)c1sc2nccc3c2c1NC(=O)N3c1cc(-c2ccccc2)cnn1. The van der Waals surface area contributed by atoms with Crippen LogP contribution in [0.5, 0.6) is 0 Å². The van der Waals surface area contributed by atoms with E-state index in [1.807, 2.05) is 30.3 Å². The molecule has 10 nitrogen and oxygen atoms in total. The standard InChI is InChI=1S/C27H23N7O3S/c1-2-21(35)30-17-9-6-10-18(17)31-25(36)24-23-22-19(11-12-28-26(22)38-24)34(27(37)32-23)20-13-16(14-29-33-20)15-7-4-3-5-8-15/h2-5,7-8,11-14,17-18H,1,6,9-10H2,(H,30,35)(H,31,36)(H,32,37)/t17-,18+/m0/s1. The lowest BCUT2D eigenvalue weighted by Gasteiger charge is -2.27. The van der Waals surface area contributed by atoms with Crippen LogP contribution in [0.3, 0.4) is 0 Å². The summed E-state index contributed by atoms with van der Waals surface area (Å²) in [5.74, 6) is -0.238. The number of pyridine rings is 1. The van der Waals surface area contributed by atoms with Crippen LogP contribution >= 0.6 is 11.3 Å². The summed E-state index contributed by atoms with van der Waals surface area (Å²) in [6.45, 7) is 3.50. The maximum absolute atomic E-state index is 13.4. The number of benzene rings is 1. The average molecular weight is 526 g/mol. The number of aromatic nitrogens is 3. The Morgan fingerprint density at radius 3 is 2.68 bits per heavy atom. The first kappa shape index (κ1) is 23.7. The smallest absolute Gasteiger partial charge is 0.332 e. The van der Waals surface area contributed by atoms with Gasteiger partial charge in [0.15, 0.2) is 5.82 Å². The largest absolute Gasteiger partial charge is 0.348 e. The lowest BCUT2D eigenvalue weighted by atomic mass is 10.1. The van der Waals surface area contributed by atoms with E-state index in [0.717, 1.165) is 30.4 Å². The van der Waals surface area contributed by atoms with Crippen molar-refractivity contribution in [3.8, 4) is 11.1 Å². The van der Waals surface area contributed by atoms with Gasteiger partial charge in [0.25, 0.3) is 5.91 Å². The number of rotatable bonds is 6. The van der Waals surface area contributed by atoms with E-state index in [2.05, 4.69) is 37.7 Å². The molecule has 3 aromatic heterocycles. The Morgan fingerprint density at radius 2 is 1.89 bits per heavy atom. The van der Waals surface area contributed by atoms with Crippen molar-refractivity contribution >= 4 is 56.6 Å². The van der Waals surface area contributed by atoms with Crippen molar-refractivity contribution in [2.45, 2.75) is 31.3 Å². The molecule has 1 aliphatic carbocycles. The normalized spacial score (nSPS) is 18.2. The Hall–Kier alpha value is -4.64. The quantitative estimate of drug-likeness (QED) is 0.320. The topological polar surface area (TPSA) is 129 Å². The zero-order chi connectivity index (χ0) is 26.2. The fourth-order valence-electron chi connectivity index (χ4n) is 5.01. The summed E-state index contributed by atoms with van der Waals surface area (Å²) in [5, 5.41) is 17.8. The molecule has 0 unspecified atom stereocenters. The number of thiophene rings is 1. The molecule has 2 aliphatic rings. The summed E-state index contributed by atoms with van der Waals surface area (Å²) in [7, 11) is 0. The molecule has 6 rings (SSSR count). The van der Waals surface area contributed by atoms with E-state index in [1.165, 1.54) is 22.3 Å². The van der Waals surface area contributed by atoms with Crippen LogP contribution in [0.4, 0.5) is 22.0 Å². The monoisotopic (exact) mass is 525 g/mol. The minimum absolute atomic E-state index is 0.176. The molecule has 1 aliphatic heterocycles. The van der Waals surface area contributed by atoms with Gasteiger partial charge in [0.2, 0.25) is 5.91 Å². The van der Waals surface area contributed by atoms with Gasteiger partial charge in [0, 0.05) is 23.8 Å². The van der Waals surface area contributed by atoms with Crippen molar-refractivity contribution in [1.29, 1.82) is 0 Å². The molecule has 190 valence electrons. The van der Waals surface area contributed by atoms with E-state index < -0.39 is 6.03 Å². The van der Waals surface area contributed by atoms with Crippen LogP contribution in [0.25, 0.3) is 21.3 Å². The zero-order valence-electron chi connectivity index (χ0n) is 20.2. The first-order valence-corrected chi connectivity index (χ1v) is 13.0. The Balaban J connectivity index is 1.34. The zero-order valence-corrected chi connectivity index (χ0v) is 21.0. The third kappa shape index (κ3) is 4.16. The molecule has 0 spiro atoms. The molecule has 3 N–H and O–H groups in total. The number of anilines is 3. The second kappa shape index (κ2) is 9.67. The van der Waals surface area contributed by atoms with Gasteiger partial charge >= 0.3 is 6.03 Å². The molecule has 2 atom stereocenters. The number of hydrogen-bond donors (Lipinski definition) is 3. The average Bonchev–Trinajstić information content (AvgIpc) is 3.54. The number of nitrogens with zero attached hydrogens (tertiary/aromatic N) is 4. The van der Waals surface area contributed by atoms with Crippen LogP contribution in [-0.4, -0.2) is 45.1 Å². The first-order chi connectivity index (χ1) is 18.5. The third-order valence-corrected chi connectivity index (χ3v) is 7.87. The fraction of sp³-hybridized carbons (Fsp3) is 0.185. The predicted octanol–water partition coefficient (Wildman–Crippen LogP) is 4.39. The number of nitrogens with one attached hydrogen (secondary N) is 3. The molecule has 1 saturated carbocycles. The minimum atomic E-state index is -0.450. The van der Waals surface area contributed by atoms with Crippen molar-refractivity contribution in [1.82, 2.24) is 25.8 Å². The summed E-state index contributed by atoms with van der Waals surface area (Å²) in [4.78, 5) is 45.5. The van der Waals surface area contributed by atoms with E-state index in [1.54, 1.807) is 24.5 Å². The second-order valence-electron chi connectivity index (χ2n) is 9.08. The molecule has 4 aromatic rings. The minimum Gasteiger partial charge on any atom is -0.348 e. The summed E-state index contributed by atoms with van der Waals surface area (Å²) in [6, 6.07) is 12.4. The molecule has 0 saturated heterocycles. The molecule has 0 radical (unpaired) electrons. The molecule has 1 aromatic carbocycles. The Morgan fingerprint density at radius 1 is 1.11 bits per heavy atom. The van der Waals surface area contributed by atoms with Crippen molar-refractivity contribution in [3.05, 3.63) is 72.4 Å². The van der Waals surface area contributed by atoms with Crippen molar-refractivity contribution in [2.24, 2.45) is 0 Å². The van der Waals surface area contributed by atoms with Gasteiger partial charge in [-0.05, 0) is 43.0 Å². The van der Waals surface area contributed by atoms with Gasteiger partial charge < -0.3 is 16.0 Å². The van der Waals surface area contributed by atoms with Crippen LogP contribution < -0.4 is 20.9 Å². The first-order valence-electron chi connectivity index (χ1n) is 12.2. The molecule has 38 heavy (non-hydrogen) atoms. The van der Waals surface area contributed by atoms with Gasteiger partial charge in [-0.25, -0.2) is 14.7 Å². The van der Waals surface area contributed by atoms with Gasteiger partial charge in [-0.2, -0.15) is 5.10 Å². The summed E-state index contributed by atoms with van der Waals surface area (Å²) in [5.41, 5.74) is 2.76. The lowest BCUT2D eigenvalue weighted by Crippen LogP contribution is -2.48. The maximum Gasteiger partial charge on any atom is 0.332 e. The Labute approximate surface area is 221 Å². The van der Waals surface area contributed by atoms with Crippen LogP contribution in [0.2, 0.25) is 0 Å². The Kier molecular flexibility index (Phi) is 6.04. The van der Waals surface area contributed by atoms with E-state index in [0.29, 0.717) is 32.3 Å². The van der Waals surface area contributed by atoms with Crippen molar-refractivity contribution in [3.63, 3.8) is 0 Å². The molecular weight excluding hydrogens is 502 g/mol. The number of hydrogen-bond acceptors (Lipinski definition) is 7. The van der Waals surface area contributed by atoms with E-state index in [4.69, 9.17) is 0 Å². The molecule has 11 heteroatoms. The van der Waals surface area contributed by atoms with Gasteiger partial charge in [-0.15, -0.1) is 16.4 Å². The lowest BCUT2D eigenvalue weighted by molar-refractivity contribution is -0.117. The fourth-order valence-corrected chi connectivity index (χ4v) is 6.03. The van der Waals surface area contributed by atoms with Crippen LogP contribution in [0.15, 0.2) is 67.5 Å². The maximum atomic E-state index is 13.4. The highest BCUT2D eigenvalue weighted by Gasteiger charge is 2.35. The van der Waals surface area contributed by atoms with Gasteiger partial charge in [-0.1, -0.05) is 36.9 Å². The highest BCUT2D eigenvalue weighted by atomic mass is 32.1. The number of carbonyl (C=O) groups excluding carboxylic acids is 3. The van der Waals surface area contributed by atoms with Gasteiger partial charge in [0.05, 0.1) is 23.0 Å². The summed E-state index contributed by atoms with van der Waals surface area (Å²) < 4.78 is 0. The third-order valence-electron chi connectivity index (χ3n) is 6.78. The van der Waals surface area contributed by atoms with Crippen LogP contribution in [0, 0.1) is 0 Å². The van der Waals surface area contributed by atoms with E-state index >= 15 is 0 Å². The molecule has 4 heterocycles. The molecule has 0 bridgehead atoms. The molecule has 1 fully saturated rings. The van der Waals surface area contributed by atoms with E-state index in [9.17, 15) is 14.4 Å². The molecular formula is C27H23N7O3S. The highest BCUT2D eigenvalue weighted by molar-refractivity contribution is 7.21. The summed E-state index contributed by atoms with van der Waals surface area (Å²) >= 11 is 1.21. The number of amides is 4. The highest BCUT2D eigenvalue weighted by Crippen LogP contribution is 2.45. The van der Waals surface area contributed by atoms with Crippen LogP contribution in [-0.2, 0) is 4.79 Å². The predicted molar refractivity (Wildman–Crippen MR) is 145 cm³/mol. The number of carbonyl (C=O) groups is 3. The Bertz CT molecular complexity index is 1590. The van der Waals surface area contributed by atoms with Crippen molar-refractivity contribution in [2.75, 3.05) is 10.2 Å². The van der Waals surface area contributed by atoms with Crippen molar-refractivity contribution < 1.29 is 14.4 Å². The van der Waals surface area contributed by atoms with Crippen LogP contribution in [0.1, 0.15) is 28.9 Å². The van der Waals surface area contributed by atoms with E-state index in [-0.39, 0.29) is 23.9 Å². The van der Waals surface area contributed by atoms with Gasteiger partial charge in [-0.3, -0.25) is 9.59 Å². The molecule has 4 amide bonds.